The van der Waals surface area contributed by atoms with Gasteiger partial charge >= 0.3 is 0 Å². The van der Waals surface area contributed by atoms with Crippen molar-refractivity contribution in [3.8, 4) is 0 Å². The second-order valence-electron chi connectivity index (χ2n) is 4.78. The zero-order valence-electron chi connectivity index (χ0n) is 12.5. The SMILES string of the molecule is CNC(=O)[C@H](Cc1ccccc1)N(C)C(=O)[C@H](C)NC=O. The van der Waals surface area contributed by atoms with Gasteiger partial charge in [-0.25, -0.2) is 0 Å². The van der Waals surface area contributed by atoms with Gasteiger partial charge < -0.3 is 15.5 Å². The van der Waals surface area contributed by atoms with E-state index < -0.39 is 12.1 Å². The Kier molecular flexibility index (Phi) is 6.39. The molecule has 0 aliphatic carbocycles. The molecule has 2 atom stereocenters. The first-order valence-electron chi connectivity index (χ1n) is 6.73. The van der Waals surface area contributed by atoms with Crippen molar-refractivity contribution in [2.24, 2.45) is 0 Å². The number of likely N-dealkylation sites (N-methyl/N-ethyl adjacent to an activating group) is 2. The summed E-state index contributed by atoms with van der Waals surface area (Å²) in [6, 6.07) is 8.17. The van der Waals surface area contributed by atoms with Crippen LogP contribution in [0.15, 0.2) is 30.3 Å². The number of rotatable bonds is 7. The van der Waals surface area contributed by atoms with Crippen molar-refractivity contribution in [1.82, 2.24) is 15.5 Å². The van der Waals surface area contributed by atoms with E-state index in [9.17, 15) is 14.4 Å². The first kappa shape index (κ1) is 16.7. The first-order valence-corrected chi connectivity index (χ1v) is 6.73. The molecule has 0 bridgehead atoms. The van der Waals surface area contributed by atoms with E-state index in [-0.39, 0.29) is 11.8 Å². The van der Waals surface area contributed by atoms with Crippen molar-refractivity contribution in [1.29, 1.82) is 0 Å². The Bertz CT molecular complexity index is 490. The van der Waals surface area contributed by atoms with Crippen LogP contribution in [0.25, 0.3) is 0 Å². The lowest BCUT2D eigenvalue weighted by atomic mass is 10.0. The highest BCUT2D eigenvalue weighted by Crippen LogP contribution is 2.09. The summed E-state index contributed by atoms with van der Waals surface area (Å²) in [4.78, 5) is 36.1. The van der Waals surface area contributed by atoms with E-state index in [1.807, 2.05) is 30.3 Å². The quantitative estimate of drug-likeness (QED) is 0.691. The molecule has 21 heavy (non-hydrogen) atoms. The average Bonchev–Trinajstić information content (AvgIpc) is 2.51. The normalized spacial score (nSPS) is 12.9. The van der Waals surface area contributed by atoms with Gasteiger partial charge in [0.2, 0.25) is 18.2 Å². The largest absolute Gasteiger partial charge is 0.357 e. The Hall–Kier alpha value is -2.37. The van der Waals surface area contributed by atoms with Crippen LogP contribution in [0.3, 0.4) is 0 Å². The fraction of sp³-hybridized carbons (Fsp3) is 0.400. The van der Waals surface area contributed by atoms with Crippen molar-refractivity contribution in [3.63, 3.8) is 0 Å². The summed E-state index contributed by atoms with van der Waals surface area (Å²) in [6.45, 7) is 1.58. The van der Waals surface area contributed by atoms with Gasteiger partial charge in [-0.2, -0.15) is 0 Å². The molecule has 0 aromatic heterocycles. The van der Waals surface area contributed by atoms with Crippen LogP contribution in [0.2, 0.25) is 0 Å². The Morgan fingerprint density at radius 1 is 1.29 bits per heavy atom. The molecule has 1 aromatic rings. The summed E-state index contributed by atoms with van der Waals surface area (Å²) in [6.07, 6.45) is 0.888. The van der Waals surface area contributed by atoms with Gasteiger partial charge in [-0.1, -0.05) is 30.3 Å². The third-order valence-electron chi connectivity index (χ3n) is 3.32. The third kappa shape index (κ3) is 4.59. The van der Waals surface area contributed by atoms with Gasteiger partial charge in [0.05, 0.1) is 0 Å². The number of hydrogen-bond acceptors (Lipinski definition) is 3. The van der Waals surface area contributed by atoms with Gasteiger partial charge in [0, 0.05) is 20.5 Å². The van der Waals surface area contributed by atoms with Gasteiger partial charge in [0.1, 0.15) is 12.1 Å². The topological polar surface area (TPSA) is 78.5 Å². The standard InChI is InChI=1S/C15H21N3O3/c1-11(17-10-19)15(21)18(3)13(14(20)16-2)9-12-7-5-4-6-8-12/h4-8,10-11,13H,9H2,1-3H3,(H,16,20)(H,17,19)/t11-,13-/m0/s1. The maximum absolute atomic E-state index is 12.2. The van der Waals surface area contributed by atoms with E-state index in [0.717, 1.165) is 5.56 Å². The molecule has 114 valence electrons. The Balaban J connectivity index is 2.89. The van der Waals surface area contributed by atoms with Crippen LogP contribution < -0.4 is 10.6 Å². The minimum Gasteiger partial charge on any atom is -0.357 e. The summed E-state index contributed by atoms with van der Waals surface area (Å²) in [5.41, 5.74) is 0.960. The van der Waals surface area contributed by atoms with Crippen molar-refractivity contribution in [2.75, 3.05) is 14.1 Å². The number of carbonyl (C=O) groups is 3. The van der Waals surface area contributed by atoms with E-state index >= 15 is 0 Å². The summed E-state index contributed by atoms with van der Waals surface area (Å²) in [5.74, 6) is -0.556. The molecule has 2 N–H and O–H groups in total. The molecule has 0 aliphatic heterocycles. The second-order valence-corrected chi connectivity index (χ2v) is 4.78. The summed E-state index contributed by atoms with van der Waals surface area (Å²) in [7, 11) is 3.10. The Morgan fingerprint density at radius 2 is 1.90 bits per heavy atom. The molecule has 0 aliphatic rings. The van der Waals surface area contributed by atoms with Gasteiger partial charge in [0.15, 0.2) is 0 Å². The fourth-order valence-corrected chi connectivity index (χ4v) is 2.04. The maximum Gasteiger partial charge on any atom is 0.245 e. The van der Waals surface area contributed by atoms with Gasteiger partial charge in [-0.3, -0.25) is 14.4 Å². The zero-order valence-corrected chi connectivity index (χ0v) is 12.5. The highest BCUT2D eigenvalue weighted by atomic mass is 16.2. The van der Waals surface area contributed by atoms with E-state index in [1.165, 1.54) is 11.9 Å². The van der Waals surface area contributed by atoms with Crippen molar-refractivity contribution >= 4 is 18.2 Å². The van der Waals surface area contributed by atoms with E-state index in [1.54, 1.807) is 14.0 Å². The smallest absolute Gasteiger partial charge is 0.245 e. The van der Waals surface area contributed by atoms with Gasteiger partial charge in [-0.15, -0.1) is 0 Å². The molecule has 0 fully saturated rings. The average molecular weight is 291 g/mol. The molecule has 0 saturated heterocycles. The molecule has 0 saturated carbocycles. The van der Waals surface area contributed by atoms with Crippen LogP contribution in [-0.2, 0) is 20.8 Å². The molecule has 3 amide bonds. The Labute approximate surface area is 124 Å². The molecular formula is C15H21N3O3. The molecular weight excluding hydrogens is 270 g/mol. The number of nitrogens with zero attached hydrogens (tertiary/aromatic N) is 1. The lowest BCUT2D eigenvalue weighted by molar-refractivity contribution is -0.140. The van der Waals surface area contributed by atoms with Crippen molar-refractivity contribution in [2.45, 2.75) is 25.4 Å². The fourth-order valence-electron chi connectivity index (χ4n) is 2.04. The molecule has 6 nitrogen and oxygen atoms in total. The van der Waals surface area contributed by atoms with Crippen LogP contribution in [0.1, 0.15) is 12.5 Å². The monoisotopic (exact) mass is 291 g/mol. The first-order chi connectivity index (χ1) is 10.0. The van der Waals surface area contributed by atoms with Crippen LogP contribution >= 0.6 is 0 Å². The van der Waals surface area contributed by atoms with Gasteiger partial charge in [0.25, 0.3) is 0 Å². The third-order valence-corrected chi connectivity index (χ3v) is 3.32. The Morgan fingerprint density at radius 3 is 2.43 bits per heavy atom. The minimum absolute atomic E-state index is 0.243. The predicted octanol–water partition coefficient (Wildman–Crippen LogP) is -0.0634. The van der Waals surface area contributed by atoms with E-state index in [4.69, 9.17) is 0 Å². The van der Waals surface area contributed by atoms with Crippen molar-refractivity contribution < 1.29 is 14.4 Å². The molecule has 0 radical (unpaired) electrons. The maximum atomic E-state index is 12.2. The van der Waals surface area contributed by atoms with Crippen molar-refractivity contribution in [3.05, 3.63) is 35.9 Å². The lowest BCUT2D eigenvalue weighted by Crippen LogP contribution is -2.52. The molecule has 6 heteroatoms. The molecule has 0 spiro atoms. The summed E-state index contributed by atoms with van der Waals surface area (Å²) >= 11 is 0. The highest BCUT2D eigenvalue weighted by Gasteiger charge is 2.28. The molecule has 0 heterocycles. The summed E-state index contributed by atoms with van der Waals surface area (Å²) in [5, 5.41) is 4.97. The predicted molar refractivity (Wildman–Crippen MR) is 79.4 cm³/mol. The molecule has 1 aromatic carbocycles. The van der Waals surface area contributed by atoms with Crippen LogP contribution in [0.4, 0.5) is 0 Å². The highest BCUT2D eigenvalue weighted by molar-refractivity contribution is 5.90. The van der Waals surface area contributed by atoms with Gasteiger partial charge in [-0.05, 0) is 12.5 Å². The van der Waals surface area contributed by atoms with Crippen LogP contribution in [-0.4, -0.2) is 49.3 Å². The number of benzene rings is 1. The number of nitrogens with one attached hydrogen (secondary N) is 2. The summed E-state index contributed by atoms with van der Waals surface area (Å²) < 4.78 is 0. The zero-order chi connectivity index (χ0) is 15.8. The number of hydrogen-bond donors (Lipinski definition) is 2. The van der Waals surface area contributed by atoms with Crippen LogP contribution in [0.5, 0.6) is 0 Å². The second kappa shape index (κ2) is 8.04. The molecule has 0 unspecified atom stereocenters. The van der Waals surface area contributed by atoms with E-state index in [0.29, 0.717) is 12.8 Å². The van der Waals surface area contributed by atoms with Crippen LogP contribution in [0, 0.1) is 0 Å². The number of carbonyl (C=O) groups excluding carboxylic acids is 3. The number of amides is 3. The van der Waals surface area contributed by atoms with E-state index in [2.05, 4.69) is 10.6 Å². The minimum atomic E-state index is -0.671. The lowest BCUT2D eigenvalue weighted by Gasteiger charge is -2.29. The molecule has 1 rings (SSSR count).